The van der Waals surface area contributed by atoms with Crippen LogP contribution in [-0.2, 0) is 0 Å². The maximum Gasteiger partial charge on any atom is 0.255 e. The van der Waals surface area contributed by atoms with Gasteiger partial charge in [0.05, 0.1) is 29.8 Å². The minimum Gasteiger partial charge on any atom is -0.337 e. The Morgan fingerprint density at radius 2 is 2.12 bits per heavy atom. The number of aromatic nitrogens is 4. The molecule has 1 saturated heterocycles. The molecule has 6 nitrogen and oxygen atoms in total. The molecule has 1 aliphatic rings. The molecule has 6 heteroatoms. The lowest BCUT2D eigenvalue weighted by Crippen LogP contribution is -2.40. The van der Waals surface area contributed by atoms with E-state index in [0.29, 0.717) is 6.04 Å². The molecule has 1 unspecified atom stereocenters. The van der Waals surface area contributed by atoms with Crippen LogP contribution in [0.25, 0.3) is 5.69 Å². The fourth-order valence-electron chi connectivity index (χ4n) is 3.90. The topological polar surface area (TPSA) is 56.0 Å². The zero-order valence-electron chi connectivity index (χ0n) is 15.2. The lowest BCUT2D eigenvalue weighted by atomic mass is 10.0. The summed E-state index contributed by atoms with van der Waals surface area (Å²) in [6, 6.07) is 6.22. The molecule has 0 saturated carbocycles. The van der Waals surface area contributed by atoms with E-state index in [1.54, 1.807) is 12.4 Å². The van der Waals surface area contributed by atoms with Gasteiger partial charge in [-0.2, -0.15) is 0 Å². The van der Waals surface area contributed by atoms with Crippen LogP contribution in [0.15, 0.2) is 49.3 Å². The second kappa shape index (κ2) is 6.78. The molecule has 0 bridgehead atoms. The van der Waals surface area contributed by atoms with Crippen molar-refractivity contribution in [3.63, 3.8) is 0 Å². The van der Waals surface area contributed by atoms with Gasteiger partial charge in [0.25, 0.3) is 5.91 Å². The summed E-state index contributed by atoms with van der Waals surface area (Å²) in [6.07, 6.45) is 11.3. The Balaban J connectivity index is 1.61. The van der Waals surface area contributed by atoms with Crippen molar-refractivity contribution >= 4 is 5.91 Å². The zero-order chi connectivity index (χ0) is 18.1. The number of carbonyl (C=O) groups is 1. The Labute approximate surface area is 153 Å². The molecule has 1 aliphatic heterocycles. The van der Waals surface area contributed by atoms with Crippen LogP contribution in [0, 0.1) is 13.8 Å². The maximum atomic E-state index is 13.2. The van der Waals surface area contributed by atoms with Gasteiger partial charge in [0.15, 0.2) is 0 Å². The third-order valence-corrected chi connectivity index (χ3v) is 5.20. The van der Waals surface area contributed by atoms with Gasteiger partial charge < -0.3 is 14.0 Å². The first kappa shape index (κ1) is 16.6. The molecule has 1 amide bonds. The largest absolute Gasteiger partial charge is 0.337 e. The number of nitrogens with zero attached hydrogens (tertiary/aromatic N) is 5. The maximum absolute atomic E-state index is 13.2. The zero-order valence-corrected chi connectivity index (χ0v) is 15.2. The summed E-state index contributed by atoms with van der Waals surface area (Å²) < 4.78 is 4.20. The van der Waals surface area contributed by atoms with Gasteiger partial charge in [-0.1, -0.05) is 0 Å². The summed E-state index contributed by atoms with van der Waals surface area (Å²) in [4.78, 5) is 23.5. The Hall–Kier alpha value is -2.89. The van der Waals surface area contributed by atoms with Crippen LogP contribution in [0.4, 0.5) is 0 Å². The molecule has 0 aromatic carbocycles. The monoisotopic (exact) mass is 349 g/mol. The third-order valence-electron chi connectivity index (χ3n) is 5.20. The van der Waals surface area contributed by atoms with Crippen molar-refractivity contribution in [1.82, 2.24) is 24.0 Å². The molecule has 4 rings (SSSR count). The highest BCUT2D eigenvalue weighted by atomic mass is 16.2. The number of hydrogen-bond donors (Lipinski definition) is 0. The molecule has 0 aliphatic carbocycles. The molecule has 1 fully saturated rings. The molecule has 1 atom stereocenters. The quantitative estimate of drug-likeness (QED) is 0.730. The van der Waals surface area contributed by atoms with Gasteiger partial charge >= 0.3 is 0 Å². The van der Waals surface area contributed by atoms with Crippen molar-refractivity contribution in [2.24, 2.45) is 0 Å². The summed E-state index contributed by atoms with van der Waals surface area (Å²) in [5.41, 5.74) is 3.77. The average Bonchev–Trinajstić information content (AvgIpc) is 3.30. The molecule has 0 spiro atoms. The van der Waals surface area contributed by atoms with Crippen LogP contribution in [0.5, 0.6) is 0 Å². The van der Waals surface area contributed by atoms with Gasteiger partial charge in [-0.15, -0.1) is 0 Å². The van der Waals surface area contributed by atoms with Gasteiger partial charge in [-0.25, -0.2) is 4.98 Å². The summed E-state index contributed by atoms with van der Waals surface area (Å²) in [6.45, 7) is 5.57. The number of imidazole rings is 1. The molecular weight excluding hydrogens is 326 g/mol. The van der Waals surface area contributed by atoms with Crippen molar-refractivity contribution in [1.29, 1.82) is 0 Å². The van der Waals surface area contributed by atoms with E-state index in [2.05, 4.69) is 19.1 Å². The van der Waals surface area contributed by atoms with Crippen molar-refractivity contribution in [3.05, 3.63) is 66.3 Å². The fraction of sp³-hybridized carbons (Fsp3) is 0.350. The fourth-order valence-corrected chi connectivity index (χ4v) is 3.90. The summed E-state index contributed by atoms with van der Waals surface area (Å²) in [7, 11) is 0. The number of likely N-dealkylation sites (tertiary alicyclic amines) is 1. The minimum absolute atomic E-state index is 0.109. The first-order valence-corrected chi connectivity index (χ1v) is 9.01. The summed E-state index contributed by atoms with van der Waals surface area (Å²) in [5.74, 6) is 0.109. The number of amides is 1. The standard InChI is InChI=1S/C20H23N5O/c1-15-11-19(16(2)25(15)17-5-3-7-21-12-17)20(26)23-9-4-6-18(13-23)24-10-8-22-14-24/h3,5,7-8,10-12,14,18H,4,6,9,13H2,1-2H3. The second-order valence-electron chi connectivity index (χ2n) is 6.89. The second-order valence-corrected chi connectivity index (χ2v) is 6.89. The number of hydrogen-bond acceptors (Lipinski definition) is 3. The Kier molecular flexibility index (Phi) is 4.32. The Morgan fingerprint density at radius 3 is 2.85 bits per heavy atom. The molecular formula is C20H23N5O. The van der Waals surface area contributed by atoms with Gasteiger partial charge in [-0.05, 0) is 44.9 Å². The van der Waals surface area contributed by atoms with Gasteiger partial charge in [0.2, 0.25) is 0 Å². The van der Waals surface area contributed by atoms with Gasteiger partial charge in [0.1, 0.15) is 0 Å². The van der Waals surface area contributed by atoms with E-state index < -0.39 is 0 Å². The molecule has 4 heterocycles. The van der Waals surface area contributed by atoms with Gasteiger partial charge in [0, 0.05) is 43.1 Å². The summed E-state index contributed by atoms with van der Waals surface area (Å²) in [5, 5.41) is 0. The number of carbonyl (C=O) groups excluding carboxylic acids is 1. The van der Waals surface area contributed by atoms with Crippen LogP contribution in [0.3, 0.4) is 0 Å². The van der Waals surface area contributed by atoms with E-state index >= 15 is 0 Å². The molecule has 0 N–H and O–H groups in total. The van der Waals surface area contributed by atoms with Crippen LogP contribution < -0.4 is 0 Å². The van der Waals surface area contributed by atoms with E-state index in [9.17, 15) is 4.79 Å². The van der Waals surface area contributed by atoms with E-state index in [1.807, 2.05) is 55.7 Å². The predicted molar refractivity (Wildman–Crippen MR) is 99.4 cm³/mol. The van der Waals surface area contributed by atoms with Crippen molar-refractivity contribution in [2.45, 2.75) is 32.7 Å². The first-order chi connectivity index (χ1) is 12.6. The molecule has 0 radical (unpaired) electrons. The van der Waals surface area contributed by atoms with Crippen LogP contribution in [-0.4, -0.2) is 43.0 Å². The van der Waals surface area contributed by atoms with Crippen molar-refractivity contribution < 1.29 is 4.79 Å². The van der Waals surface area contributed by atoms with E-state index in [4.69, 9.17) is 0 Å². The average molecular weight is 349 g/mol. The van der Waals surface area contributed by atoms with E-state index in [1.165, 1.54) is 0 Å². The SMILES string of the molecule is Cc1cc(C(=O)N2CCCC(n3ccnc3)C2)c(C)n1-c1cccnc1. The number of piperidine rings is 1. The Bertz CT molecular complexity index is 898. The van der Waals surface area contributed by atoms with E-state index in [0.717, 1.165) is 48.6 Å². The smallest absolute Gasteiger partial charge is 0.255 e. The molecule has 3 aromatic rings. The predicted octanol–water partition coefficient (Wildman–Crippen LogP) is 3.16. The van der Waals surface area contributed by atoms with Crippen LogP contribution in [0.1, 0.15) is 40.6 Å². The number of aryl methyl sites for hydroxylation is 1. The van der Waals surface area contributed by atoms with Gasteiger partial charge in [-0.3, -0.25) is 9.78 Å². The highest BCUT2D eigenvalue weighted by Crippen LogP contribution is 2.26. The molecule has 134 valence electrons. The molecule has 26 heavy (non-hydrogen) atoms. The minimum atomic E-state index is 0.109. The lowest BCUT2D eigenvalue weighted by Gasteiger charge is -2.33. The molecule has 3 aromatic heterocycles. The lowest BCUT2D eigenvalue weighted by molar-refractivity contribution is 0.0678. The van der Waals surface area contributed by atoms with Crippen LogP contribution in [0.2, 0.25) is 0 Å². The number of pyridine rings is 1. The van der Waals surface area contributed by atoms with Crippen LogP contribution >= 0.6 is 0 Å². The van der Waals surface area contributed by atoms with Crippen molar-refractivity contribution in [3.8, 4) is 5.69 Å². The third kappa shape index (κ3) is 2.92. The number of rotatable bonds is 3. The van der Waals surface area contributed by atoms with Crippen molar-refractivity contribution in [2.75, 3.05) is 13.1 Å². The van der Waals surface area contributed by atoms with E-state index in [-0.39, 0.29) is 5.91 Å². The summed E-state index contributed by atoms with van der Waals surface area (Å²) >= 11 is 0. The highest BCUT2D eigenvalue weighted by molar-refractivity contribution is 5.96. The Morgan fingerprint density at radius 1 is 1.23 bits per heavy atom. The normalized spacial score (nSPS) is 17.5. The highest BCUT2D eigenvalue weighted by Gasteiger charge is 2.27. The first-order valence-electron chi connectivity index (χ1n) is 9.01.